The molecule has 0 bridgehead atoms. The van der Waals surface area contributed by atoms with Crippen molar-refractivity contribution in [1.82, 2.24) is 9.97 Å². The molecule has 0 fully saturated rings. The monoisotopic (exact) mass is 208 g/mol. The van der Waals surface area contributed by atoms with Crippen molar-refractivity contribution in [2.45, 2.75) is 0 Å². The van der Waals surface area contributed by atoms with Gasteiger partial charge in [-0.1, -0.05) is 11.6 Å². The molecule has 2 aromatic heterocycles. The molecule has 0 radical (unpaired) electrons. The molecule has 4 heteroatoms. The number of aromatic nitrogens is 2. The zero-order valence-corrected chi connectivity index (χ0v) is 7.87. The summed E-state index contributed by atoms with van der Waals surface area (Å²) < 4.78 is 12.8. The van der Waals surface area contributed by atoms with Gasteiger partial charge >= 0.3 is 0 Å². The van der Waals surface area contributed by atoms with Gasteiger partial charge in [-0.2, -0.15) is 4.39 Å². The second-order valence-electron chi connectivity index (χ2n) is 2.71. The summed E-state index contributed by atoms with van der Waals surface area (Å²) in [6.45, 7) is 0. The van der Waals surface area contributed by atoms with Crippen LogP contribution in [0.15, 0.2) is 36.7 Å². The Balaban J connectivity index is 2.55. The highest BCUT2D eigenvalue weighted by Crippen LogP contribution is 2.25. The molecule has 0 saturated heterocycles. The van der Waals surface area contributed by atoms with Gasteiger partial charge in [0.2, 0.25) is 5.95 Å². The van der Waals surface area contributed by atoms with Gasteiger partial charge in [0.25, 0.3) is 0 Å². The van der Waals surface area contributed by atoms with Gasteiger partial charge in [0.05, 0.1) is 0 Å². The maximum Gasteiger partial charge on any atom is 0.213 e. The van der Waals surface area contributed by atoms with E-state index in [1.165, 1.54) is 12.3 Å². The summed E-state index contributed by atoms with van der Waals surface area (Å²) in [6, 6.07) is 6.54. The van der Waals surface area contributed by atoms with Crippen LogP contribution in [0.4, 0.5) is 4.39 Å². The first kappa shape index (κ1) is 9.09. The predicted octanol–water partition coefficient (Wildman–Crippen LogP) is 2.94. The molecule has 0 aliphatic heterocycles. The number of halogens is 2. The van der Waals surface area contributed by atoms with Gasteiger partial charge in [0.1, 0.15) is 5.15 Å². The van der Waals surface area contributed by atoms with Crippen LogP contribution in [-0.2, 0) is 0 Å². The average Bonchev–Trinajstić information content (AvgIpc) is 2.18. The molecule has 0 aromatic carbocycles. The van der Waals surface area contributed by atoms with Crippen LogP contribution in [0.25, 0.3) is 11.1 Å². The minimum absolute atomic E-state index is 0.359. The van der Waals surface area contributed by atoms with E-state index in [9.17, 15) is 4.39 Å². The summed E-state index contributed by atoms with van der Waals surface area (Å²) in [5.41, 5.74) is 1.38. The second-order valence-corrected chi connectivity index (χ2v) is 3.07. The number of hydrogen-bond acceptors (Lipinski definition) is 2. The second kappa shape index (κ2) is 3.72. The lowest BCUT2D eigenvalue weighted by atomic mass is 10.1. The maximum absolute atomic E-state index is 12.8. The summed E-state index contributed by atoms with van der Waals surface area (Å²) in [7, 11) is 0. The number of hydrogen-bond donors (Lipinski definition) is 0. The van der Waals surface area contributed by atoms with Crippen molar-refractivity contribution in [3.05, 3.63) is 47.8 Å². The zero-order valence-electron chi connectivity index (χ0n) is 7.11. The molecule has 2 nitrogen and oxygen atoms in total. The Morgan fingerprint density at radius 1 is 1.14 bits per heavy atom. The maximum atomic E-state index is 12.8. The van der Waals surface area contributed by atoms with E-state index < -0.39 is 5.95 Å². The number of rotatable bonds is 1. The Morgan fingerprint density at radius 2 is 2.00 bits per heavy atom. The van der Waals surface area contributed by atoms with Crippen molar-refractivity contribution in [3.8, 4) is 11.1 Å². The third kappa shape index (κ3) is 1.72. The Hall–Kier alpha value is -1.48. The molecule has 70 valence electrons. The molecular weight excluding hydrogens is 203 g/mol. The lowest BCUT2D eigenvalue weighted by Crippen LogP contribution is -1.85. The first-order valence-electron chi connectivity index (χ1n) is 4.00. The summed E-state index contributed by atoms with van der Waals surface area (Å²) in [5.74, 6) is -0.526. The lowest BCUT2D eigenvalue weighted by Gasteiger charge is -2.02. The van der Waals surface area contributed by atoms with Gasteiger partial charge in [0, 0.05) is 24.0 Å². The van der Waals surface area contributed by atoms with Crippen LogP contribution in [0.5, 0.6) is 0 Å². The van der Waals surface area contributed by atoms with E-state index in [1.54, 1.807) is 24.4 Å². The van der Waals surface area contributed by atoms with Crippen LogP contribution in [0.3, 0.4) is 0 Å². The summed E-state index contributed by atoms with van der Waals surface area (Å²) in [4.78, 5) is 7.37. The van der Waals surface area contributed by atoms with Gasteiger partial charge in [-0.05, 0) is 23.8 Å². The van der Waals surface area contributed by atoms with Gasteiger partial charge in [-0.15, -0.1) is 0 Å². The average molecular weight is 209 g/mol. The molecule has 14 heavy (non-hydrogen) atoms. The zero-order chi connectivity index (χ0) is 9.97. The minimum atomic E-state index is -0.526. The van der Waals surface area contributed by atoms with Crippen LogP contribution in [0, 0.1) is 5.95 Å². The van der Waals surface area contributed by atoms with E-state index in [0.29, 0.717) is 16.3 Å². The van der Waals surface area contributed by atoms with Crippen LogP contribution in [0.1, 0.15) is 0 Å². The quantitative estimate of drug-likeness (QED) is 0.674. The molecule has 0 aliphatic carbocycles. The first-order valence-corrected chi connectivity index (χ1v) is 4.37. The topological polar surface area (TPSA) is 25.8 Å². The fourth-order valence-corrected chi connectivity index (χ4v) is 1.40. The molecule has 0 spiro atoms. The van der Waals surface area contributed by atoms with E-state index in [4.69, 9.17) is 11.6 Å². The summed E-state index contributed by atoms with van der Waals surface area (Å²) in [6.07, 6.45) is 2.98. The molecule has 0 saturated carbocycles. The van der Waals surface area contributed by atoms with Gasteiger partial charge in [-0.25, -0.2) is 9.97 Å². The fraction of sp³-hybridized carbons (Fsp3) is 0. The smallest absolute Gasteiger partial charge is 0.213 e. The molecule has 2 heterocycles. The Labute approximate surface area is 85.4 Å². The van der Waals surface area contributed by atoms with E-state index in [0.717, 1.165) is 0 Å². The number of pyridine rings is 2. The van der Waals surface area contributed by atoms with Gasteiger partial charge in [0.15, 0.2) is 0 Å². The Kier molecular flexibility index (Phi) is 2.41. The highest BCUT2D eigenvalue weighted by atomic mass is 35.5. The first-order chi connectivity index (χ1) is 6.77. The third-order valence-corrected chi connectivity index (χ3v) is 2.10. The van der Waals surface area contributed by atoms with Crippen molar-refractivity contribution in [2.75, 3.05) is 0 Å². The van der Waals surface area contributed by atoms with Crippen LogP contribution in [0.2, 0.25) is 5.15 Å². The van der Waals surface area contributed by atoms with Gasteiger partial charge < -0.3 is 0 Å². The van der Waals surface area contributed by atoms with Crippen LogP contribution < -0.4 is 0 Å². The predicted molar refractivity (Wildman–Crippen MR) is 52.4 cm³/mol. The minimum Gasteiger partial charge on any atom is -0.244 e. The van der Waals surface area contributed by atoms with E-state index in [2.05, 4.69) is 9.97 Å². The van der Waals surface area contributed by atoms with Gasteiger partial charge in [-0.3, -0.25) is 0 Å². The summed E-state index contributed by atoms with van der Waals surface area (Å²) >= 11 is 5.86. The van der Waals surface area contributed by atoms with Crippen molar-refractivity contribution in [1.29, 1.82) is 0 Å². The molecule has 0 unspecified atom stereocenters. The standard InChI is InChI=1S/C10H6ClFN2/c11-10-8(2-1-4-14-10)7-3-5-13-9(12)6-7/h1-6H. The molecule has 2 aromatic rings. The highest BCUT2D eigenvalue weighted by Gasteiger charge is 2.04. The van der Waals surface area contributed by atoms with Crippen molar-refractivity contribution >= 4 is 11.6 Å². The fourth-order valence-electron chi connectivity index (χ4n) is 1.17. The highest BCUT2D eigenvalue weighted by molar-refractivity contribution is 6.32. The molecule has 2 rings (SSSR count). The molecule has 0 amide bonds. The Bertz CT molecular complexity index is 459. The van der Waals surface area contributed by atoms with Crippen molar-refractivity contribution in [2.24, 2.45) is 0 Å². The largest absolute Gasteiger partial charge is 0.244 e. The lowest BCUT2D eigenvalue weighted by molar-refractivity contribution is 0.584. The normalized spacial score (nSPS) is 10.1. The molecule has 0 atom stereocenters. The van der Waals surface area contributed by atoms with Crippen molar-refractivity contribution in [3.63, 3.8) is 0 Å². The summed E-state index contributed by atoms with van der Waals surface area (Å²) in [5, 5.41) is 0.359. The molecular formula is C10H6ClFN2. The SMILES string of the molecule is Fc1cc(-c2cccnc2Cl)ccn1. The molecule has 0 N–H and O–H groups in total. The number of nitrogens with zero attached hydrogens (tertiary/aromatic N) is 2. The Morgan fingerprint density at radius 3 is 2.71 bits per heavy atom. The van der Waals surface area contributed by atoms with E-state index >= 15 is 0 Å². The molecule has 0 aliphatic rings. The third-order valence-electron chi connectivity index (χ3n) is 1.80. The van der Waals surface area contributed by atoms with Crippen LogP contribution >= 0.6 is 11.6 Å². The van der Waals surface area contributed by atoms with Crippen LogP contribution in [-0.4, -0.2) is 9.97 Å². The van der Waals surface area contributed by atoms with E-state index in [1.807, 2.05) is 0 Å². The van der Waals surface area contributed by atoms with Crippen molar-refractivity contribution < 1.29 is 4.39 Å². The van der Waals surface area contributed by atoms with E-state index in [-0.39, 0.29) is 0 Å².